The molecule has 1 heterocycles. The molecule has 1 aliphatic carbocycles. The van der Waals surface area contributed by atoms with E-state index in [9.17, 15) is 0 Å². The maximum atomic E-state index is 5.36. The fourth-order valence-electron chi connectivity index (χ4n) is 2.93. The Morgan fingerprint density at radius 2 is 1.96 bits per heavy atom. The molecule has 0 spiro atoms. The number of hydrogen-bond acceptors (Lipinski definition) is 4. The van der Waals surface area contributed by atoms with Crippen LogP contribution in [0.25, 0.3) is 0 Å². The molecule has 144 valence electrons. The lowest BCUT2D eigenvalue weighted by atomic mass is 9.67. The summed E-state index contributed by atoms with van der Waals surface area (Å²) < 4.78 is 15.7. The molecule has 0 radical (unpaired) electrons. The van der Waals surface area contributed by atoms with Crippen molar-refractivity contribution in [1.29, 1.82) is 0 Å². The van der Waals surface area contributed by atoms with E-state index < -0.39 is 0 Å². The summed E-state index contributed by atoms with van der Waals surface area (Å²) >= 11 is 0. The first-order chi connectivity index (χ1) is 11.8. The maximum absolute atomic E-state index is 5.36. The van der Waals surface area contributed by atoms with E-state index in [-0.39, 0.29) is 24.0 Å². The highest BCUT2D eigenvalue weighted by Gasteiger charge is 2.36. The molecule has 0 unspecified atom stereocenters. The molecule has 2 rings (SSSR count). The number of furan rings is 1. The van der Waals surface area contributed by atoms with Gasteiger partial charge in [-0.05, 0) is 36.8 Å². The fourth-order valence-corrected chi connectivity index (χ4v) is 2.93. The zero-order valence-electron chi connectivity index (χ0n) is 15.4. The van der Waals surface area contributed by atoms with Crippen LogP contribution in [0.5, 0.6) is 0 Å². The van der Waals surface area contributed by atoms with Gasteiger partial charge in [0.2, 0.25) is 0 Å². The van der Waals surface area contributed by atoms with Crippen LogP contribution >= 0.6 is 24.0 Å². The summed E-state index contributed by atoms with van der Waals surface area (Å²) in [7, 11) is 3.47. The second-order valence-electron chi connectivity index (χ2n) is 6.44. The lowest BCUT2D eigenvalue weighted by Gasteiger charge is -2.40. The highest BCUT2D eigenvalue weighted by atomic mass is 127. The summed E-state index contributed by atoms with van der Waals surface area (Å²) in [6, 6.07) is 3.91. The van der Waals surface area contributed by atoms with E-state index in [1.807, 2.05) is 12.1 Å². The average molecular weight is 465 g/mol. The third-order valence-electron chi connectivity index (χ3n) is 4.67. The minimum absolute atomic E-state index is 0. The van der Waals surface area contributed by atoms with Crippen molar-refractivity contribution in [3.63, 3.8) is 0 Å². The monoisotopic (exact) mass is 465 g/mol. The Morgan fingerprint density at radius 3 is 2.56 bits per heavy atom. The van der Waals surface area contributed by atoms with Crippen LogP contribution < -0.4 is 10.6 Å². The predicted molar refractivity (Wildman–Crippen MR) is 111 cm³/mol. The second-order valence-corrected chi connectivity index (χ2v) is 6.44. The zero-order valence-corrected chi connectivity index (χ0v) is 17.7. The Morgan fingerprint density at radius 1 is 1.20 bits per heavy atom. The van der Waals surface area contributed by atoms with E-state index in [2.05, 4.69) is 10.6 Å². The van der Waals surface area contributed by atoms with Gasteiger partial charge in [0.25, 0.3) is 0 Å². The largest absolute Gasteiger partial charge is 0.469 e. The molecule has 0 saturated heterocycles. The molecule has 1 saturated carbocycles. The number of guanidine groups is 1. The van der Waals surface area contributed by atoms with Crippen LogP contribution in [0, 0.1) is 5.41 Å². The number of ether oxygens (including phenoxy) is 2. The Bertz CT molecular complexity index is 476. The highest BCUT2D eigenvalue weighted by Crippen LogP contribution is 2.44. The number of hydrogen-bond donors (Lipinski definition) is 2. The predicted octanol–water partition coefficient (Wildman–Crippen LogP) is 2.83. The minimum atomic E-state index is 0. The summed E-state index contributed by atoms with van der Waals surface area (Å²) in [5, 5.41) is 6.72. The molecule has 1 aromatic rings. The van der Waals surface area contributed by atoms with Crippen molar-refractivity contribution in [2.75, 3.05) is 47.1 Å². The van der Waals surface area contributed by atoms with Crippen LogP contribution in [0.1, 0.15) is 31.4 Å². The SMILES string of the molecule is COCCNC(=NCC1(CCOC)CCC1)NCCc1ccco1.I. The van der Waals surface area contributed by atoms with Gasteiger partial charge in [-0.1, -0.05) is 6.42 Å². The first kappa shape index (κ1) is 22.2. The van der Waals surface area contributed by atoms with Crippen molar-refractivity contribution < 1.29 is 13.9 Å². The molecule has 0 bridgehead atoms. The van der Waals surface area contributed by atoms with Crippen LogP contribution in [-0.2, 0) is 15.9 Å². The van der Waals surface area contributed by atoms with E-state index >= 15 is 0 Å². The van der Waals surface area contributed by atoms with E-state index in [4.69, 9.17) is 18.9 Å². The molecule has 6 nitrogen and oxygen atoms in total. The molecule has 25 heavy (non-hydrogen) atoms. The quantitative estimate of drug-likeness (QED) is 0.228. The van der Waals surface area contributed by atoms with Crippen LogP contribution in [0.3, 0.4) is 0 Å². The normalized spacial score (nSPS) is 16.0. The number of aliphatic imine (C=N–C) groups is 1. The van der Waals surface area contributed by atoms with Crippen molar-refractivity contribution in [2.45, 2.75) is 32.1 Å². The highest BCUT2D eigenvalue weighted by molar-refractivity contribution is 14.0. The molecule has 2 N–H and O–H groups in total. The summed E-state index contributed by atoms with van der Waals surface area (Å²) in [4.78, 5) is 4.81. The molecule has 0 aliphatic heterocycles. The second kappa shape index (κ2) is 12.5. The maximum Gasteiger partial charge on any atom is 0.191 e. The Kier molecular flexibility index (Phi) is 11.2. The summed E-state index contributed by atoms with van der Waals surface area (Å²) in [5.41, 5.74) is 0.326. The third-order valence-corrected chi connectivity index (χ3v) is 4.67. The van der Waals surface area contributed by atoms with Crippen molar-refractivity contribution in [3.8, 4) is 0 Å². The van der Waals surface area contributed by atoms with Crippen molar-refractivity contribution in [1.82, 2.24) is 10.6 Å². The van der Waals surface area contributed by atoms with Gasteiger partial charge in [0.1, 0.15) is 5.76 Å². The lowest BCUT2D eigenvalue weighted by Crippen LogP contribution is -2.42. The molecule has 0 amide bonds. The standard InChI is InChI=1S/C18H31N3O3.HI/c1-22-13-9-18(7-4-8-18)15-21-17(20-11-14-23-2)19-10-6-16-5-3-12-24-16;/h3,5,12H,4,6-11,13-15H2,1-2H3,(H2,19,20,21);1H. The van der Waals surface area contributed by atoms with Crippen LogP contribution in [-0.4, -0.2) is 53.0 Å². The van der Waals surface area contributed by atoms with E-state index in [1.165, 1.54) is 19.3 Å². The lowest BCUT2D eigenvalue weighted by molar-refractivity contribution is 0.0778. The average Bonchev–Trinajstić information content (AvgIpc) is 3.06. The van der Waals surface area contributed by atoms with Gasteiger partial charge in [-0.15, -0.1) is 24.0 Å². The number of methoxy groups -OCH3 is 2. The first-order valence-corrected chi connectivity index (χ1v) is 8.80. The summed E-state index contributed by atoms with van der Waals surface area (Å²) in [6.07, 6.45) is 7.43. The van der Waals surface area contributed by atoms with Gasteiger partial charge in [-0.25, -0.2) is 0 Å². The number of nitrogens with zero attached hydrogens (tertiary/aromatic N) is 1. The Labute approximate surface area is 168 Å². The van der Waals surface area contributed by atoms with Crippen molar-refractivity contribution in [3.05, 3.63) is 24.2 Å². The van der Waals surface area contributed by atoms with Gasteiger partial charge in [-0.3, -0.25) is 4.99 Å². The van der Waals surface area contributed by atoms with Crippen molar-refractivity contribution in [2.24, 2.45) is 10.4 Å². The molecule has 1 aliphatic rings. The van der Waals surface area contributed by atoms with Crippen molar-refractivity contribution >= 4 is 29.9 Å². The number of halogens is 1. The minimum Gasteiger partial charge on any atom is -0.469 e. The van der Waals surface area contributed by atoms with E-state index in [1.54, 1.807) is 20.5 Å². The van der Waals surface area contributed by atoms with Gasteiger partial charge in [0.05, 0.1) is 12.9 Å². The van der Waals surface area contributed by atoms with Gasteiger partial charge in [-0.2, -0.15) is 0 Å². The fraction of sp³-hybridized carbons (Fsp3) is 0.722. The molecule has 0 atom stereocenters. The van der Waals surface area contributed by atoms with Crippen LogP contribution in [0.4, 0.5) is 0 Å². The summed E-state index contributed by atoms with van der Waals surface area (Å²) in [6.45, 7) is 3.85. The molecule has 0 aromatic carbocycles. The Balaban J connectivity index is 0.00000312. The molecule has 1 aromatic heterocycles. The number of nitrogens with one attached hydrogen (secondary N) is 2. The molecule has 7 heteroatoms. The van der Waals surface area contributed by atoms with E-state index in [0.29, 0.717) is 12.0 Å². The number of rotatable bonds is 11. The molecule has 1 fully saturated rings. The molecular weight excluding hydrogens is 433 g/mol. The third kappa shape index (κ3) is 7.96. The smallest absolute Gasteiger partial charge is 0.191 e. The van der Waals surface area contributed by atoms with E-state index in [0.717, 1.165) is 50.8 Å². The topological polar surface area (TPSA) is 68.0 Å². The van der Waals surface area contributed by atoms with Gasteiger partial charge < -0.3 is 24.5 Å². The first-order valence-electron chi connectivity index (χ1n) is 8.80. The van der Waals surface area contributed by atoms with Gasteiger partial charge >= 0.3 is 0 Å². The zero-order chi connectivity index (χ0) is 17.1. The van der Waals surface area contributed by atoms with Gasteiger partial charge in [0.15, 0.2) is 5.96 Å². The Hall–Kier alpha value is -0.800. The van der Waals surface area contributed by atoms with Gasteiger partial charge in [0, 0.05) is 46.9 Å². The van der Waals surface area contributed by atoms with Crippen LogP contribution in [0.15, 0.2) is 27.8 Å². The molecular formula is C18H32IN3O3. The van der Waals surface area contributed by atoms with Crippen LogP contribution in [0.2, 0.25) is 0 Å². The summed E-state index contributed by atoms with van der Waals surface area (Å²) in [5.74, 6) is 1.83.